The van der Waals surface area contributed by atoms with Crippen molar-refractivity contribution < 1.29 is 42.1 Å². The second kappa shape index (κ2) is 22.1. The van der Waals surface area contributed by atoms with Crippen LogP contribution < -0.4 is 0 Å². The van der Waals surface area contributed by atoms with Crippen LogP contribution in [-0.2, 0) is 39.1 Å². The average molecular weight is 663 g/mol. The van der Waals surface area contributed by atoms with E-state index in [1.807, 2.05) is 39.3 Å². The summed E-state index contributed by atoms with van der Waals surface area (Å²) in [5.74, 6) is -0.891. The number of nitrogens with zero attached hydrogens (tertiary/aromatic N) is 1. The summed E-state index contributed by atoms with van der Waals surface area (Å²) in [6.45, 7) is 2.03. The lowest BCUT2D eigenvalue weighted by Crippen LogP contribution is -2.37. The first-order valence-electron chi connectivity index (χ1n) is 16.9. The van der Waals surface area contributed by atoms with Gasteiger partial charge in [0.25, 0.3) is 0 Å². The fraction of sp³-hybridized carbons (Fsp3) is 0.611. The van der Waals surface area contributed by atoms with E-state index >= 15 is 0 Å². The van der Waals surface area contributed by atoms with E-state index in [4.69, 9.17) is 18.5 Å². The Bertz CT molecular complexity index is 1170. The lowest BCUT2D eigenvalue weighted by atomic mass is 10.0. The van der Waals surface area contributed by atoms with Crippen molar-refractivity contribution in [3.63, 3.8) is 0 Å². The van der Waals surface area contributed by atoms with E-state index in [9.17, 15) is 19.0 Å². The van der Waals surface area contributed by atoms with Crippen molar-refractivity contribution in [2.75, 3.05) is 47.5 Å². The van der Waals surface area contributed by atoms with Crippen molar-refractivity contribution in [2.24, 2.45) is 0 Å². The van der Waals surface area contributed by atoms with Crippen LogP contribution in [-0.4, -0.2) is 74.9 Å². The third kappa shape index (κ3) is 19.2. The number of ether oxygens (including phenoxy) is 2. The Morgan fingerprint density at radius 2 is 1.33 bits per heavy atom. The molecule has 258 valence electrons. The monoisotopic (exact) mass is 662 g/mol. The molecule has 9 nitrogen and oxygen atoms in total. The third-order valence-electron chi connectivity index (χ3n) is 7.56. The molecule has 0 radical (unpaired) electrons. The number of unbranched alkanes of at least 4 members (excludes halogenated alkanes) is 8. The maximum Gasteiger partial charge on any atom is 0.472 e. The molecule has 2 rings (SSSR count). The lowest BCUT2D eigenvalue weighted by Gasteiger charge is -2.24. The van der Waals surface area contributed by atoms with Crippen molar-refractivity contribution in [3.05, 3.63) is 60.2 Å². The molecule has 0 aliphatic rings. The molecule has 10 heteroatoms. The van der Waals surface area contributed by atoms with E-state index in [1.54, 1.807) is 0 Å². The summed E-state index contributed by atoms with van der Waals surface area (Å²) < 4.78 is 34.1. The largest absolute Gasteiger partial charge is 0.472 e. The third-order valence-corrected chi connectivity index (χ3v) is 8.54. The number of rotatable bonds is 25. The van der Waals surface area contributed by atoms with Crippen LogP contribution in [0, 0.1) is 0 Å². The molecule has 2 atom stereocenters. The van der Waals surface area contributed by atoms with Crippen LogP contribution in [0.1, 0.15) is 89.5 Å². The number of quaternary nitrogens is 1. The van der Waals surface area contributed by atoms with Gasteiger partial charge in [0.05, 0.1) is 27.7 Å². The van der Waals surface area contributed by atoms with E-state index in [0.717, 1.165) is 36.0 Å². The van der Waals surface area contributed by atoms with Gasteiger partial charge in [-0.2, -0.15) is 0 Å². The van der Waals surface area contributed by atoms with Gasteiger partial charge >= 0.3 is 19.8 Å². The Balaban J connectivity index is 1.80. The predicted molar refractivity (Wildman–Crippen MR) is 182 cm³/mol. The molecule has 0 fully saturated rings. The summed E-state index contributed by atoms with van der Waals surface area (Å²) in [6.07, 6.45) is 10.9. The number of hydrogen-bond donors (Lipinski definition) is 1. The number of esters is 2. The molecule has 0 aliphatic heterocycles. The van der Waals surface area contributed by atoms with Crippen LogP contribution in [0.5, 0.6) is 0 Å². The van der Waals surface area contributed by atoms with Crippen molar-refractivity contribution in [1.82, 2.24) is 0 Å². The van der Waals surface area contributed by atoms with Gasteiger partial charge in [0.2, 0.25) is 0 Å². The molecule has 0 amide bonds. The van der Waals surface area contributed by atoms with E-state index in [2.05, 4.69) is 43.3 Å². The van der Waals surface area contributed by atoms with Crippen LogP contribution in [0.4, 0.5) is 0 Å². The van der Waals surface area contributed by atoms with Crippen molar-refractivity contribution >= 4 is 19.8 Å². The first kappa shape index (κ1) is 39.6. The zero-order chi connectivity index (χ0) is 33.7. The molecular formula is C36H57NO8P+. The fourth-order valence-corrected chi connectivity index (χ4v) is 5.52. The normalized spacial score (nSPS) is 13.6. The highest BCUT2D eigenvalue weighted by atomic mass is 31.2. The van der Waals surface area contributed by atoms with Crippen molar-refractivity contribution in [1.29, 1.82) is 0 Å². The summed E-state index contributed by atoms with van der Waals surface area (Å²) in [5.41, 5.74) is 3.37. The SMILES string of the molecule is CCCCCCCCCCCC(=O)OC[C@H](COP(=O)(O)OCC[N+](C)(C)C)OC(=O)CCCc1ccc(-c2ccccc2)cc1. The average Bonchev–Trinajstić information content (AvgIpc) is 3.01. The molecular weight excluding hydrogens is 605 g/mol. The molecule has 2 aromatic rings. The zero-order valence-corrected chi connectivity index (χ0v) is 29.4. The highest BCUT2D eigenvalue weighted by Gasteiger charge is 2.27. The van der Waals surface area contributed by atoms with Gasteiger partial charge in [-0.15, -0.1) is 0 Å². The molecule has 1 N–H and O–H groups in total. The quantitative estimate of drug-likeness (QED) is 0.0495. The van der Waals surface area contributed by atoms with Crippen molar-refractivity contribution in [2.45, 2.75) is 96.5 Å². The minimum Gasteiger partial charge on any atom is -0.462 e. The second-order valence-corrected chi connectivity index (χ2v) is 14.4. The molecule has 2 aromatic carbocycles. The predicted octanol–water partition coefficient (Wildman–Crippen LogP) is 7.89. The van der Waals surface area contributed by atoms with Gasteiger partial charge in [-0.25, -0.2) is 4.57 Å². The molecule has 0 bridgehead atoms. The summed E-state index contributed by atoms with van der Waals surface area (Å²) in [6, 6.07) is 18.4. The number of hydrogen-bond acceptors (Lipinski definition) is 7. The van der Waals surface area contributed by atoms with E-state index in [1.165, 1.54) is 38.5 Å². The highest BCUT2D eigenvalue weighted by Crippen LogP contribution is 2.43. The smallest absolute Gasteiger partial charge is 0.462 e. The molecule has 0 heterocycles. The minimum absolute atomic E-state index is 0.0157. The molecule has 1 unspecified atom stereocenters. The van der Waals surface area contributed by atoms with Gasteiger partial charge in [0.1, 0.15) is 19.8 Å². The Kier molecular flexibility index (Phi) is 19.0. The maximum absolute atomic E-state index is 12.7. The van der Waals surface area contributed by atoms with Gasteiger partial charge in [-0.3, -0.25) is 18.6 Å². The van der Waals surface area contributed by atoms with Crippen LogP contribution in [0.25, 0.3) is 11.1 Å². The first-order valence-corrected chi connectivity index (χ1v) is 18.4. The zero-order valence-electron chi connectivity index (χ0n) is 28.5. The minimum atomic E-state index is -4.39. The van der Waals surface area contributed by atoms with E-state index in [-0.39, 0.29) is 26.1 Å². The van der Waals surface area contributed by atoms with Crippen LogP contribution >= 0.6 is 7.82 Å². The molecule has 46 heavy (non-hydrogen) atoms. The highest BCUT2D eigenvalue weighted by molar-refractivity contribution is 7.47. The molecule has 0 saturated carbocycles. The maximum atomic E-state index is 12.7. The molecule has 0 saturated heterocycles. The Labute approximate surface area is 276 Å². The van der Waals surface area contributed by atoms with Gasteiger partial charge in [-0.05, 0) is 36.0 Å². The summed E-state index contributed by atoms with van der Waals surface area (Å²) in [5, 5.41) is 0. The number of carbonyl (C=O) groups excluding carboxylic acids is 2. The number of phosphoric ester groups is 1. The Hall–Kier alpha value is -2.55. The topological polar surface area (TPSA) is 108 Å². The van der Waals surface area contributed by atoms with Crippen LogP contribution in [0.2, 0.25) is 0 Å². The lowest BCUT2D eigenvalue weighted by molar-refractivity contribution is -0.870. The Morgan fingerprint density at radius 3 is 1.96 bits per heavy atom. The summed E-state index contributed by atoms with van der Waals surface area (Å²) >= 11 is 0. The molecule has 0 aliphatic carbocycles. The Morgan fingerprint density at radius 1 is 0.739 bits per heavy atom. The summed E-state index contributed by atoms with van der Waals surface area (Å²) in [4.78, 5) is 35.2. The molecule has 0 aromatic heterocycles. The molecule has 0 spiro atoms. The number of phosphoric acid groups is 1. The fourth-order valence-electron chi connectivity index (χ4n) is 4.77. The number of likely N-dealkylation sites (N-methyl/N-ethyl adjacent to an activating group) is 1. The van der Waals surface area contributed by atoms with Crippen molar-refractivity contribution in [3.8, 4) is 11.1 Å². The van der Waals surface area contributed by atoms with Gasteiger partial charge in [0, 0.05) is 12.8 Å². The number of carbonyl (C=O) groups is 2. The van der Waals surface area contributed by atoms with E-state index < -0.39 is 32.5 Å². The van der Waals surface area contributed by atoms with Crippen LogP contribution in [0.3, 0.4) is 0 Å². The van der Waals surface area contributed by atoms with Gasteiger partial charge < -0.3 is 18.9 Å². The van der Waals surface area contributed by atoms with Gasteiger partial charge in [-0.1, -0.05) is 113 Å². The standard InChI is InChI=1S/C36H56NO8P/c1-5-6-7-8-9-10-11-12-16-21-35(38)42-29-34(30-44-46(40,41)43-28-27-37(2,3)4)45-36(39)22-17-18-31-23-25-33(26-24-31)32-19-14-13-15-20-32/h13-15,19-20,23-26,34H,5-12,16-18,21-22,27-30H2,1-4H3/p+1/t34-/m1/s1. The van der Waals surface area contributed by atoms with Gasteiger partial charge in [0.15, 0.2) is 6.10 Å². The number of aryl methyl sites for hydroxylation is 1. The summed E-state index contributed by atoms with van der Waals surface area (Å²) in [7, 11) is 1.42. The van der Waals surface area contributed by atoms with E-state index in [0.29, 0.717) is 23.9 Å². The first-order chi connectivity index (χ1) is 22.0. The second-order valence-electron chi connectivity index (χ2n) is 12.9. The number of benzene rings is 2. The van der Waals surface area contributed by atoms with Crippen LogP contribution in [0.15, 0.2) is 54.6 Å².